The van der Waals surface area contributed by atoms with Gasteiger partial charge < -0.3 is 42.1 Å². The molecule has 14 nitrogen and oxygen atoms in total. The van der Waals surface area contributed by atoms with E-state index >= 15 is 0 Å². The molecule has 0 unspecified atom stereocenters. The fourth-order valence-corrected chi connectivity index (χ4v) is 3.58. The van der Waals surface area contributed by atoms with Crippen LogP contribution in [0.5, 0.6) is 11.5 Å². The molecular formula is C44H60N8O6Ti2. The van der Waals surface area contributed by atoms with Gasteiger partial charge in [-0.1, -0.05) is 144 Å². The molecule has 0 aliphatic rings. The largest absolute Gasteiger partial charge is 4.00 e. The molecule has 0 fully saturated rings. The van der Waals surface area contributed by atoms with Crippen LogP contribution in [0.3, 0.4) is 0 Å². The van der Waals surface area contributed by atoms with Crippen LogP contribution in [0, 0.1) is 59.2 Å². The van der Waals surface area contributed by atoms with Crippen molar-refractivity contribution >= 4 is 12.4 Å². The molecular weight excluding hydrogens is 832 g/mol. The summed E-state index contributed by atoms with van der Waals surface area (Å²) in [5.74, 6) is -0.310. The predicted molar refractivity (Wildman–Crippen MR) is 220 cm³/mol. The zero-order chi connectivity index (χ0) is 46.7. The van der Waals surface area contributed by atoms with Gasteiger partial charge in [0.05, 0.1) is 12.1 Å². The number of hydrogen-bond donors (Lipinski definition) is 0. The van der Waals surface area contributed by atoms with Gasteiger partial charge in [0, 0.05) is 12.4 Å². The molecule has 0 saturated heterocycles. The molecule has 0 heterocycles. The van der Waals surface area contributed by atoms with E-state index in [-0.39, 0.29) is 77.2 Å². The van der Waals surface area contributed by atoms with E-state index < -0.39 is 35.8 Å². The van der Waals surface area contributed by atoms with Crippen molar-refractivity contribution in [2.24, 2.45) is 9.98 Å². The molecule has 2 rings (SSSR count). The number of allylic oxidation sites excluding steroid dienone is 4. The number of rotatable bonds is 4. The van der Waals surface area contributed by atoms with Crippen molar-refractivity contribution in [3.8, 4) is 35.8 Å². The summed E-state index contributed by atoms with van der Waals surface area (Å²) in [5, 5.41) is 97.8. The molecule has 0 aliphatic heterocycles. The number of benzene rings is 2. The minimum Gasteiger partial charge on any atom is -0.872 e. The summed E-state index contributed by atoms with van der Waals surface area (Å²) in [6.07, 6.45) is 0.823. The van der Waals surface area contributed by atoms with E-state index in [2.05, 4.69) is 9.98 Å². The van der Waals surface area contributed by atoms with Gasteiger partial charge in [0.25, 0.3) is 0 Å². The summed E-state index contributed by atoms with van der Waals surface area (Å²) in [5.41, 5.74) is 16.2. The van der Waals surface area contributed by atoms with Crippen molar-refractivity contribution in [1.82, 2.24) is 0 Å². The molecule has 0 saturated carbocycles. The van der Waals surface area contributed by atoms with Crippen LogP contribution in [-0.4, -0.2) is 36.8 Å². The first-order valence-corrected chi connectivity index (χ1v) is 18.2. The molecule has 2 aromatic carbocycles. The van der Waals surface area contributed by atoms with E-state index in [1.807, 2.05) is 67.5 Å². The van der Waals surface area contributed by atoms with Gasteiger partial charge in [-0.2, -0.15) is 21.0 Å². The Morgan fingerprint density at radius 3 is 0.917 bits per heavy atom. The molecule has 16 heteroatoms. The van der Waals surface area contributed by atoms with Gasteiger partial charge in [0.1, 0.15) is 23.5 Å². The zero-order valence-corrected chi connectivity index (χ0v) is 41.0. The topological polar surface area (TPSA) is 306 Å². The fraction of sp³-hybridized carbons (Fsp3) is 0.500. The predicted octanol–water partition coefficient (Wildman–Crippen LogP) is 5.21. The normalized spacial score (nSPS) is 11.3. The van der Waals surface area contributed by atoms with Gasteiger partial charge in [0.2, 0.25) is 0 Å². The van der Waals surface area contributed by atoms with Crippen LogP contribution in [-0.2, 0) is 54.3 Å². The molecule has 0 spiro atoms. The number of nitrogens with zero attached hydrogens (tertiary/aromatic N) is 6. The Bertz CT molecular complexity index is 1710. The SMILES string of the molecule is CC(C)[O-].CC(C)[O-].CC(C)[O-].CC(C)[O-].Cc1cc(C=N/C(C#N)=C(\[NH-])C#N)c([O-])c(C(C)(C)C)c1.Cc1cc(C=N/C(C#N)=C(\[NH-])C#N)c([O-])c(C(C)(C)C)c1.[Ti+4].[Ti+4]. The number of nitrogens with one attached hydrogen (secondary N) is 2. The van der Waals surface area contributed by atoms with Crippen molar-refractivity contribution in [1.29, 1.82) is 21.0 Å². The number of nitriles is 4. The van der Waals surface area contributed by atoms with E-state index in [0.717, 1.165) is 11.1 Å². The van der Waals surface area contributed by atoms with Crippen LogP contribution in [0.1, 0.15) is 130 Å². The molecule has 0 aromatic heterocycles. The third-order valence-electron chi connectivity index (χ3n) is 5.71. The van der Waals surface area contributed by atoms with E-state index in [1.54, 1.807) is 91.8 Å². The monoisotopic (exact) mass is 892 g/mol. The second-order valence-corrected chi connectivity index (χ2v) is 15.6. The van der Waals surface area contributed by atoms with Crippen LogP contribution in [0.25, 0.3) is 11.5 Å². The smallest absolute Gasteiger partial charge is 0.872 e. The van der Waals surface area contributed by atoms with Gasteiger partial charge in [0.15, 0.2) is 0 Å². The third kappa shape index (κ3) is 34.5. The van der Waals surface area contributed by atoms with Gasteiger partial charge >= 0.3 is 43.4 Å². The van der Waals surface area contributed by atoms with Gasteiger partial charge in [-0.25, -0.2) is 9.98 Å². The van der Waals surface area contributed by atoms with E-state index in [1.165, 1.54) is 12.4 Å². The van der Waals surface area contributed by atoms with Crippen LogP contribution in [0.2, 0.25) is 0 Å². The molecule has 0 amide bonds. The van der Waals surface area contributed by atoms with Crippen LogP contribution in [0.4, 0.5) is 0 Å². The first-order chi connectivity index (χ1) is 26.3. The summed E-state index contributed by atoms with van der Waals surface area (Å²) >= 11 is 0. The standard InChI is InChI=1S/2C16H17N4O.4C3H7O.2Ti/c2*1-10-5-11(9-20-14(8-18)13(19)7-17)15(21)12(6-10)16(2,3)4;4*1-3(2)4;;/h2*5-6,9,19H,1-4H3,(H,20,21);4*3H,1-2H3;;/q6*-1;2*+4/p-2/b2*14-13-;;;;;;. The summed E-state index contributed by atoms with van der Waals surface area (Å²) in [7, 11) is 0. The van der Waals surface area contributed by atoms with Crippen LogP contribution >= 0.6 is 0 Å². The summed E-state index contributed by atoms with van der Waals surface area (Å²) < 4.78 is 0. The molecule has 320 valence electrons. The van der Waals surface area contributed by atoms with Gasteiger partial charge in [-0.05, 0) is 58.3 Å². The minimum atomic E-state index is -0.523. The van der Waals surface area contributed by atoms with Crippen molar-refractivity contribution in [2.45, 2.75) is 146 Å². The average molecular weight is 893 g/mol. The Labute approximate surface area is 389 Å². The van der Waals surface area contributed by atoms with E-state index in [9.17, 15) is 30.6 Å². The number of aliphatic imine (C=N–C) groups is 2. The van der Waals surface area contributed by atoms with Crippen LogP contribution in [0.15, 0.2) is 57.0 Å². The zero-order valence-electron chi connectivity index (χ0n) is 37.9. The number of aryl methyl sites for hydroxylation is 2. The van der Waals surface area contributed by atoms with Crippen molar-refractivity contribution in [2.75, 3.05) is 0 Å². The van der Waals surface area contributed by atoms with Crippen molar-refractivity contribution in [3.05, 3.63) is 91.9 Å². The maximum absolute atomic E-state index is 12.4. The first-order valence-electron chi connectivity index (χ1n) is 18.2. The summed E-state index contributed by atoms with van der Waals surface area (Å²) in [6, 6.07) is 13.5. The Morgan fingerprint density at radius 1 is 0.533 bits per heavy atom. The second kappa shape index (κ2) is 34.4. The van der Waals surface area contributed by atoms with Crippen molar-refractivity contribution < 1.29 is 74.1 Å². The Kier molecular flexibility index (Phi) is 38.7. The first kappa shape index (κ1) is 67.5. The molecule has 0 radical (unpaired) electrons. The molecule has 0 bridgehead atoms. The Balaban J connectivity index is -0.000000174. The molecule has 0 atom stereocenters. The van der Waals surface area contributed by atoms with E-state index in [0.29, 0.717) is 22.3 Å². The average Bonchev–Trinajstić information content (AvgIpc) is 3.05. The van der Waals surface area contributed by atoms with E-state index in [4.69, 9.17) is 32.5 Å². The molecule has 0 aliphatic carbocycles. The molecule has 2 N–H and O–H groups in total. The quantitative estimate of drug-likeness (QED) is 0.219. The maximum Gasteiger partial charge on any atom is 4.00 e. The Morgan fingerprint density at radius 2 is 0.750 bits per heavy atom. The second-order valence-electron chi connectivity index (χ2n) is 15.6. The summed E-state index contributed by atoms with van der Waals surface area (Å²) in [6.45, 7) is 28.3. The minimum absolute atomic E-state index is 0. The van der Waals surface area contributed by atoms with Crippen LogP contribution < -0.4 is 30.6 Å². The molecule has 2 aromatic rings. The molecule has 60 heavy (non-hydrogen) atoms. The van der Waals surface area contributed by atoms with Crippen molar-refractivity contribution in [3.63, 3.8) is 0 Å². The summed E-state index contributed by atoms with van der Waals surface area (Å²) in [4.78, 5) is 7.58. The third-order valence-corrected chi connectivity index (χ3v) is 5.71. The van der Waals surface area contributed by atoms with Gasteiger partial charge in [-0.3, -0.25) is 0 Å². The Hall–Kier alpha value is -4.31. The maximum atomic E-state index is 12.4. The fourth-order valence-electron chi connectivity index (χ4n) is 3.58. The number of hydrogen-bond acceptors (Lipinski definition) is 12. The van der Waals surface area contributed by atoms with Gasteiger partial charge in [-0.15, -0.1) is 24.4 Å².